The van der Waals surface area contributed by atoms with E-state index in [-0.39, 0.29) is 11.2 Å². The third-order valence-electron chi connectivity index (χ3n) is 4.33. The van der Waals surface area contributed by atoms with Gasteiger partial charge in [0, 0.05) is 25.8 Å². The number of anilines is 1. The summed E-state index contributed by atoms with van der Waals surface area (Å²) in [5.41, 5.74) is 0.960. The Labute approximate surface area is 130 Å². The van der Waals surface area contributed by atoms with Gasteiger partial charge in [-0.3, -0.25) is 10.1 Å². The van der Waals surface area contributed by atoms with Gasteiger partial charge in [-0.2, -0.15) is 5.26 Å². The molecule has 6 nitrogen and oxygen atoms in total. The maximum absolute atomic E-state index is 10.9. The van der Waals surface area contributed by atoms with Gasteiger partial charge < -0.3 is 9.64 Å². The van der Waals surface area contributed by atoms with Crippen molar-refractivity contribution < 1.29 is 9.66 Å². The summed E-state index contributed by atoms with van der Waals surface area (Å²) in [6.07, 6.45) is 4.04. The summed E-state index contributed by atoms with van der Waals surface area (Å²) in [7, 11) is 1.69. The van der Waals surface area contributed by atoms with Gasteiger partial charge in [0.1, 0.15) is 6.07 Å². The Balaban J connectivity index is 2.45. The second-order valence-electron chi connectivity index (χ2n) is 5.73. The van der Waals surface area contributed by atoms with Gasteiger partial charge >= 0.3 is 0 Å². The first-order valence-corrected chi connectivity index (χ1v) is 7.53. The van der Waals surface area contributed by atoms with Crippen molar-refractivity contribution in [1.82, 2.24) is 0 Å². The van der Waals surface area contributed by atoms with Crippen LogP contribution in [-0.4, -0.2) is 30.7 Å². The highest BCUT2D eigenvalue weighted by atomic mass is 16.6. The molecule has 0 radical (unpaired) electrons. The Bertz CT molecular complexity index is 589. The van der Waals surface area contributed by atoms with E-state index in [4.69, 9.17) is 4.74 Å². The van der Waals surface area contributed by atoms with Gasteiger partial charge in [-0.1, -0.05) is 13.3 Å². The van der Waals surface area contributed by atoms with Crippen LogP contribution in [-0.2, 0) is 4.74 Å². The van der Waals surface area contributed by atoms with Gasteiger partial charge in [-0.15, -0.1) is 0 Å². The topological polar surface area (TPSA) is 79.4 Å². The van der Waals surface area contributed by atoms with E-state index in [1.54, 1.807) is 13.2 Å². The van der Waals surface area contributed by atoms with Gasteiger partial charge in [0.25, 0.3) is 5.69 Å². The van der Waals surface area contributed by atoms with Gasteiger partial charge in [0.15, 0.2) is 0 Å². The summed E-state index contributed by atoms with van der Waals surface area (Å²) in [5, 5.41) is 20.3. The zero-order valence-corrected chi connectivity index (χ0v) is 13.0. The highest BCUT2D eigenvalue weighted by Crippen LogP contribution is 2.40. The molecule has 1 heterocycles. The van der Waals surface area contributed by atoms with Crippen LogP contribution in [0.1, 0.15) is 38.2 Å². The van der Waals surface area contributed by atoms with E-state index in [9.17, 15) is 15.4 Å². The number of nitrogens with zero attached hydrogens (tertiary/aromatic N) is 3. The Morgan fingerprint density at radius 1 is 1.55 bits per heavy atom. The van der Waals surface area contributed by atoms with Crippen LogP contribution >= 0.6 is 0 Å². The average Bonchev–Trinajstić information content (AvgIpc) is 2.90. The third-order valence-corrected chi connectivity index (χ3v) is 4.33. The predicted octanol–water partition coefficient (Wildman–Crippen LogP) is 3.25. The van der Waals surface area contributed by atoms with Gasteiger partial charge in [-0.25, -0.2) is 0 Å². The lowest BCUT2D eigenvalue weighted by Gasteiger charge is -2.40. The molecule has 0 aromatic heterocycles. The van der Waals surface area contributed by atoms with Crippen LogP contribution in [0.15, 0.2) is 18.2 Å². The summed E-state index contributed by atoms with van der Waals surface area (Å²) >= 11 is 0. The number of ether oxygens (including phenoxy) is 1. The number of hydrogen-bond donors (Lipinski definition) is 0. The number of rotatable bonds is 6. The summed E-state index contributed by atoms with van der Waals surface area (Å²) in [6, 6.07) is 6.63. The lowest BCUT2D eigenvalue weighted by molar-refractivity contribution is -0.384. The fourth-order valence-electron chi connectivity index (χ4n) is 3.49. The number of nitriles is 1. The van der Waals surface area contributed by atoms with Crippen molar-refractivity contribution in [2.24, 2.45) is 0 Å². The van der Waals surface area contributed by atoms with E-state index in [0.717, 1.165) is 37.9 Å². The molecule has 0 amide bonds. The molecule has 0 bridgehead atoms. The monoisotopic (exact) mass is 303 g/mol. The lowest BCUT2D eigenvalue weighted by Crippen LogP contribution is -2.48. The minimum Gasteiger partial charge on any atom is -0.382 e. The molecule has 1 aliphatic heterocycles. The first kappa shape index (κ1) is 16.2. The van der Waals surface area contributed by atoms with Crippen LogP contribution in [0.2, 0.25) is 0 Å². The minimum absolute atomic E-state index is 0.0488. The number of hydrogen-bond acceptors (Lipinski definition) is 5. The van der Waals surface area contributed by atoms with Crippen molar-refractivity contribution >= 4 is 11.4 Å². The highest BCUT2D eigenvalue weighted by Gasteiger charge is 2.41. The zero-order valence-electron chi connectivity index (χ0n) is 13.0. The Kier molecular flexibility index (Phi) is 4.99. The van der Waals surface area contributed by atoms with Gasteiger partial charge in [0.05, 0.1) is 28.3 Å². The maximum atomic E-state index is 10.9. The molecule has 1 fully saturated rings. The lowest BCUT2D eigenvalue weighted by atomic mass is 9.90. The number of non-ortho nitro benzene ring substituents is 1. The fraction of sp³-hybridized carbons (Fsp3) is 0.562. The molecular formula is C16H21N3O3. The Morgan fingerprint density at radius 2 is 2.32 bits per heavy atom. The second-order valence-corrected chi connectivity index (χ2v) is 5.73. The normalized spacial score (nSPS) is 20.9. The van der Waals surface area contributed by atoms with Crippen molar-refractivity contribution in [1.29, 1.82) is 5.26 Å². The average molecular weight is 303 g/mol. The molecule has 1 aliphatic rings. The van der Waals surface area contributed by atoms with E-state index >= 15 is 0 Å². The molecule has 2 rings (SSSR count). The second kappa shape index (κ2) is 6.75. The van der Waals surface area contributed by atoms with Gasteiger partial charge in [-0.05, 0) is 25.3 Å². The predicted molar refractivity (Wildman–Crippen MR) is 83.9 cm³/mol. The molecule has 118 valence electrons. The first-order valence-electron chi connectivity index (χ1n) is 7.53. The summed E-state index contributed by atoms with van der Waals surface area (Å²) < 4.78 is 5.44. The van der Waals surface area contributed by atoms with Crippen LogP contribution in [0, 0.1) is 21.4 Å². The van der Waals surface area contributed by atoms with E-state index in [1.807, 2.05) is 0 Å². The van der Waals surface area contributed by atoms with Crippen molar-refractivity contribution in [2.45, 2.75) is 38.1 Å². The highest BCUT2D eigenvalue weighted by molar-refractivity contribution is 5.64. The van der Waals surface area contributed by atoms with E-state index in [2.05, 4.69) is 17.9 Å². The number of methoxy groups -OCH3 is 1. The zero-order chi connectivity index (χ0) is 16.2. The van der Waals surface area contributed by atoms with Gasteiger partial charge in [0.2, 0.25) is 0 Å². The van der Waals surface area contributed by atoms with E-state index < -0.39 is 4.92 Å². The van der Waals surface area contributed by atoms with Crippen LogP contribution < -0.4 is 4.90 Å². The van der Waals surface area contributed by atoms with Crippen LogP contribution in [0.3, 0.4) is 0 Å². The molecule has 1 aromatic rings. The molecule has 22 heavy (non-hydrogen) atoms. The van der Waals surface area contributed by atoms with E-state index in [0.29, 0.717) is 12.2 Å². The number of benzene rings is 1. The summed E-state index contributed by atoms with van der Waals surface area (Å²) in [5.74, 6) is 0. The largest absolute Gasteiger partial charge is 0.382 e. The first-order chi connectivity index (χ1) is 10.6. The molecule has 0 saturated carbocycles. The van der Waals surface area contributed by atoms with Crippen molar-refractivity contribution in [2.75, 3.05) is 25.2 Å². The number of nitro benzene ring substituents is 1. The standard InChI is InChI=1S/C16H21N3O3/c1-3-7-16(12-22-2)8-4-9-18(16)15-6-5-14(19(20)21)10-13(15)11-17/h5-6,10H,3-4,7-9,12H2,1-2H3. The van der Waals surface area contributed by atoms with Crippen LogP contribution in [0.25, 0.3) is 0 Å². The van der Waals surface area contributed by atoms with Crippen LogP contribution in [0.5, 0.6) is 0 Å². The van der Waals surface area contributed by atoms with E-state index in [1.165, 1.54) is 12.1 Å². The fourth-order valence-corrected chi connectivity index (χ4v) is 3.49. The molecular weight excluding hydrogens is 282 g/mol. The SMILES string of the molecule is CCCC1(COC)CCCN1c1ccc([N+](=O)[O-])cc1C#N. The van der Waals surface area contributed by atoms with Crippen molar-refractivity contribution in [3.63, 3.8) is 0 Å². The molecule has 1 atom stereocenters. The smallest absolute Gasteiger partial charge is 0.270 e. The Morgan fingerprint density at radius 3 is 2.91 bits per heavy atom. The molecule has 0 spiro atoms. The molecule has 1 unspecified atom stereocenters. The summed E-state index contributed by atoms with van der Waals surface area (Å²) in [6.45, 7) is 3.58. The number of nitro groups is 1. The third kappa shape index (κ3) is 2.90. The molecule has 0 N–H and O–H groups in total. The van der Waals surface area contributed by atoms with Crippen molar-refractivity contribution in [3.8, 4) is 6.07 Å². The quantitative estimate of drug-likeness (QED) is 0.595. The molecule has 1 saturated heterocycles. The molecule has 1 aromatic carbocycles. The summed E-state index contributed by atoms with van der Waals surface area (Å²) in [4.78, 5) is 12.6. The van der Waals surface area contributed by atoms with Crippen LogP contribution in [0.4, 0.5) is 11.4 Å². The Hall–Kier alpha value is -2.13. The molecule has 6 heteroatoms. The van der Waals surface area contributed by atoms with Crippen molar-refractivity contribution in [3.05, 3.63) is 33.9 Å². The maximum Gasteiger partial charge on any atom is 0.270 e. The minimum atomic E-state index is -0.469. The molecule has 0 aliphatic carbocycles.